The first kappa shape index (κ1) is 6.21. The fraction of sp³-hybridized carbons (Fsp3) is 0.714. The van der Waals surface area contributed by atoms with Crippen molar-refractivity contribution in [2.75, 3.05) is 6.26 Å². The summed E-state index contributed by atoms with van der Waals surface area (Å²) < 4.78 is 0. The van der Waals surface area contributed by atoms with Crippen molar-refractivity contribution in [1.82, 2.24) is 0 Å². The van der Waals surface area contributed by atoms with E-state index in [0.717, 1.165) is 5.25 Å². The predicted octanol–water partition coefficient (Wildman–Crippen LogP) is 2.46. The topological polar surface area (TPSA) is 0 Å². The summed E-state index contributed by atoms with van der Waals surface area (Å²) in [5.41, 5.74) is 1.66. The lowest BCUT2D eigenvalue weighted by molar-refractivity contribution is 1.24. The molecular formula is C7H12S. The fourth-order valence-electron chi connectivity index (χ4n) is 0.639. The molecule has 0 aliphatic heterocycles. The Morgan fingerprint density at radius 2 is 2.25 bits per heavy atom. The summed E-state index contributed by atoms with van der Waals surface area (Å²) in [6.45, 7) is 2.25. The minimum atomic E-state index is 0.743. The first-order valence-electron chi connectivity index (χ1n) is 3.05. The zero-order valence-electron chi connectivity index (χ0n) is 5.48. The minimum Gasteiger partial charge on any atom is -0.158 e. The molecule has 1 saturated carbocycles. The quantitative estimate of drug-likeness (QED) is 0.515. The molecule has 46 valence electrons. The lowest BCUT2D eigenvalue weighted by atomic mass is 10.4. The summed E-state index contributed by atoms with van der Waals surface area (Å²) in [5.74, 6) is 0. The molecule has 0 saturated heterocycles. The second kappa shape index (κ2) is 2.58. The molecule has 0 aromatic rings. The van der Waals surface area contributed by atoms with E-state index in [1.54, 1.807) is 5.57 Å². The summed E-state index contributed by atoms with van der Waals surface area (Å²) in [7, 11) is 0. The number of allylic oxidation sites excluding steroid dienone is 1. The number of rotatable bonds is 2. The van der Waals surface area contributed by atoms with Gasteiger partial charge in [-0.25, -0.2) is 0 Å². The molecule has 1 atom stereocenters. The Morgan fingerprint density at radius 3 is 2.62 bits per heavy atom. The molecule has 0 aromatic heterocycles. The van der Waals surface area contributed by atoms with Crippen LogP contribution in [0.3, 0.4) is 0 Å². The van der Waals surface area contributed by atoms with Crippen LogP contribution < -0.4 is 0 Å². The molecule has 1 unspecified atom stereocenters. The Kier molecular flexibility index (Phi) is 2.01. The van der Waals surface area contributed by atoms with E-state index in [9.17, 15) is 0 Å². The van der Waals surface area contributed by atoms with Crippen molar-refractivity contribution in [2.24, 2.45) is 0 Å². The van der Waals surface area contributed by atoms with Crippen LogP contribution in [0.25, 0.3) is 0 Å². The molecule has 1 aliphatic rings. The zero-order chi connectivity index (χ0) is 5.98. The maximum atomic E-state index is 2.38. The van der Waals surface area contributed by atoms with Crippen molar-refractivity contribution >= 4 is 11.8 Å². The van der Waals surface area contributed by atoms with Gasteiger partial charge in [0.25, 0.3) is 0 Å². The van der Waals surface area contributed by atoms with Gasteiger partial charge in [0.1, 0.15) is 0 Å². The van der Waals surface area contributed by atoms with E-state index in [-0.39, 0.29) is 0 Å². The average molecular weight is 128 g/mol. The molecule has 1 rings (SSSR count). The van der Waals surface area contributed by atoms with Crippen LogP contribution in [0.5, 0.6) is 0 Å². The van der Waals surface area contributed by atoms with Crippen LogP contribution in [0, 0.1) is 0 Å². The molecular weight excluding hydrogens is 116 g/mol. The Morgan fingerprint density at radius 1 is 1.62 bits per heavy atom. The van der Waals surface area contributed by atoms with Crippen LogP contribution in [-0.4, -0.2) is 11.5 Å². The Balaban J connectivity index is 2.25. The summed E-state index contributed by atoms with van der Waals surface area (Å²) >= 11 is 1.92. The highest BCUT2D eigenvalue weighted by molar-refractivity contribution is 7.99. The third kappa shape index (κ3) is 1.91. The Hall–Kier alpha value is 0.0900. The van der Waals surface area contributed by atoms with Crippen LogP contribution >= 0.6 is 11.8 Å². The van der Waals surface area contributed by atoms with Gasteiger partial charge in [0, 0.05) is 5.25 Å². The highest BCUT2D eigenvalue weighted by Crippen LogP contribution is 2.29. The van der Waals surface area contributed by atoms with Gasteiger partial charge in [-0.05, 0) is 26.0 Å². The summed E-state index contributed by atoms with van der Waals surface area (Å²) in [6, 6.07) is 0. The van der Waals surface area contributed by atoms with Gasteiger partial charge in [-0.2, -0.15) is 11.8 Å². The van der Waals surface area contributed by atoms with Crippen molar-refractivity contribution in [3.05, 3.63) is 11.6 Å². The van der Waals surface area contributed by atoms with Crippen molar-refractivity contribution in [3.63, 3.8) is 0 Å². The molecule has 1 aliphatic carbocycles. The van der Waals surface area contributed by atoms with Gasteiger partial charge in [0.05, 0.1) is 0 Å². The maximum absolute atomic E-state index is 2.38. The molecule has 0 bridgehead atoms. The molecule has 1 heteroatoms. The fourth-order valence-corrected chi connectivity index (χ4v) is 0.967. The number of hydrogen-bond donors (Lipinski definition) is 0. The molecule has 0 amide bonds. The van der Waals surface area contributed by atoms with Crippen molar-refractivity contribution in [3.8, 4) is 0 Å². The van der Waals surface area contributed by atoms with E-state index < -0.39 is 0 Å². The molecule has 8 heavy (non-hydrogen) atoms. The second-order valence-electron chi connectivity index (χ2n) is 2.27. The number of hydrogen-bond acceptors (Lipinski definition) is 1. The van der Waals surface area contributed by atoms with E-state index in [1.165, 1.54) is 12.8 Å². The first-order chi connectivity index (χ1) is 3.83. The monoisotopic (exact) mass is 128 g/mol. The van der Waals surface area contributed by atoms with E-state index in [0.29, 0.717) is 0 Å². The third-order valence-corrected chi connectivity index (χ3v) is 2.26. The SMILES string of the molecule is CSC(C)C=C1CC1. The highest BCUT2D eigenvalue weighted by Gasteiger charge is 2.11. The third-order valence-electron chi connectivity index (χ3n) is 1.38. The average Bonchev–Trinajstić information content (AvgIpc) is 2.50. The van der Waals surface area contributed by atoms with Crippen LogP contribution in [0.15, 0.2) is 11.6 Å². The molecule has 0 radical (unpaired) electrons. The second-order valence-corrected chi connectivity index (χ2v) is 3.48. The molecule has 0 aromatic carbocycles. The van der Waals surface area contributed by atoms with Crippen LogP contribution in [0.2, 0.25) is 0 Å². The lowest BCUT2D eigenvalue weighted by Crippen LogP contribution is -1.85. The molecule has 0 heterocycles. The van der Waals surface area contributed by atoms with Gasteiger partial charge in [-0.15, -0.1) is 0 Å². The van der Waals surface area contributed by atoms with Gasteiger partial charge in [0.15, 0.2) is 0 Å². The zero-order valence-corrected chi connectivity index (χ0v) is 6.29. The van der Waals surface area contributed by atoms with E-state index in [4.69, 9.17) is 0 Å². The van der Waals surface area contributed by atoms with Crippen LogP contribution in [0.4, 0.5) is 0 Å². The Bertz CT molecular complexity index is 99.0. The van der Waals surface area contributed by atoms with E-state index in [2.05, 4.69) is 19.3 Å². The predicted molar refractivity (Wildman–Crippen MR) is 40.3 cm³/mol. The highest BCUT2D eigenvalue weighted by atomic mass is 32.2. The molecule has 0 spiro atoms. The molecule has 0 N–H and O–H groups in total. The maximum Gasteiger partial charge on any atom is 0.0198 e. The van der Waals surface area contributed by atoms with Crippen molar-refractivity contribution in [2.45, 2.75) is 25.0 Å². The summed E-state index contributed by atoms with van der Waals surface area (Å²) in [5, 5.41) is 0.743. The first-order valence-corrected chi connectivity index (χ1v) is 4.34. The normalized spacial score (nSPS) is 20.5. The summed E-state index contributed by atoms with van der Waals surface area (Å²) in [6.07, 6.45) is 7.27. The van der Waals surface area contributed by atoms with Crippen LogP contribution in [-0.2, 0) is 0 Å². The van der Waals surface area contributed by atoms with Gasteiger partial charge < -0.3 is 0 Å². The molecule has 0 nitrogen and oxygen atoms in total. The Labute approximate surface area is 55.4 Å². The van der Waals surface area contributed by atoms with Crippen LogP contribution in [0.1, 0.15) is 19.8 Å². The van der Waals surface area contributed by atoms with Crippen molar-refractivity contribution in [1.29, 1.82) is 0 Å². The van der Waals surface area contributed by atoms with Gasteiger partial charge >= 0.3 is 0 Å². The smallest absolute Gasteiger partial charge is 0.0198 e. The van der Waals surface area contributed by atoms with E-state index >= 15 is 0 Å². The summed E-state index contributed by atoms with van der Waals surface area (Å²) in [4.78, 5) is 0. The number of thioether (sulfide) groups is 1. The van der Waals surface area contributed by atoms with Gasteiger partial charge in [0.2, 0.25) is 0 Å². The largest absolute Gasteiger partial charge is 0.158 e. The lowest BCUT2D eigenvalue weighted by Gasteiger charge is -1.96. The standard InChI is InChI=1S/C7H12S/c1-6(8-2)5-7-3-4-7/h5-6H,3-4H2,1-2H3. The minimum absolute atomic E-state index is 0.743. The molecule has 1 fully saturated rings. The van der Waals surface area contributed by atoms with Gasteiger partial charge in [-0.1, -0.05) is 11.6 Å². The van der Waals surface area contributed by atoms with Crippen molar-refractivity contribution < 1.29 is 0 Å². The van der Waals surface area contributed by atoms with E-state index in [1.807, 2.05) is 11.8 Å². The van der Waals surface area contributed by atoms with Gasteiger partial charge in [-0.3, -0.25) is 0 Å².